The lowest BCUT2D eigenvalue weighted by molar-refractivity contribution is -0.384. The Morgan fingerprint density at radius 1 is 1.00 bits per heavy atom. The number of nitrogens with one attached hydrogen (secondary N) is 1. The first-order chi connectivity index (χ1) is 17.8. The zero-order valence-electron chi connectivity index (χ0n) is 18.8. The summed E-state index contributed by atoms with van der Waals surface area (Å²) in [5.41, 5.74) is 1.07. The number of aromatic nitrogens is 1. The van der Waals surface area contributed by atoms with Crippen LogP contribution in [-0.2, 0) is 9.59 Å². The summed E-state index contributed by atoms with van der Waals surface area (Å²) in [5.74, 6) is -1.78. The van der Waals surface area contributed by atoms with Crippen molar-refractivity contribution in [3.05, 3.63) is 82.7 Å². The number of fused-ring (bicyclic) bond motifs is 9. The van der Waals surface area contributed by atoms with Crippen LogP contribution in [0.15, 0.2) is 52.3 Å². The van der Waals surface area contributed by atoms with E-state index in [0.717, 1.165) is 33.2 Å². The highest BCUT2D eigenvalue weighted by molar-refractivity contribution is 8.00. The first kappa shape index (κ1) is 23.5. The van der Waals surface area contributed by atoms with Crippen LogP contribution in [0.25, 0.3) is 0 Å². The summed E-state index contributed by atoms with van der Waals surface area (Å²) in [6, 6.07) is 11.0. The molecule has 4 aliphatic rings. The molecule has 12 heteroatoms. The molecule has 188 valence electrons. The quantitative estimate of drug-likeness (QED) is 0.257. The van der Waals surface area contributed by atoms with Gasteiger partial charge >= 0.3 is 4.87 Å². The van der Waals surface area contributed by atoms with Crippen molar-refractivity contribution in [3.63, 3.8) is 0 Å². The Balaban J connectivity index is 1.31. The van der Waals surface area contributed by atoms with Gasteiger partial charge in [0, 0.05) is 28.2 Å². The average molecular weight is 574 g/mol. The SMILES string of the molecule is O=C1C2C(C(=O)N1c1ccc([N+](=O)[O-])cc1)[C@@H]1C[C@H]2C2Sc3[nH]c(=O)sc3C(c3cccc(Cl)c3Cl)C21. The van der Waals surface area contributed by atoms with E-state index in [9.17, 15) is 24.5 Å². The van der Waals surface area contributed by atoms with Gasteiger partial charge in [0.25, 0.3) is 5.69 Å². The number of thioether (sulfide) groups is 1. The normalized spacial score (nSPS) is 31.4. The number of hydrogen-bond donors (Lipinski definition) is 1. The van der Waals surface area contributed by atoms with Crippen LogP contribution in [0.5, 0.6) is 0 Å². The van der Waals surface area contributed by atoms with Crippen LogP contribution in [0, 0.1) is 39.7 Å². The van der Waals surface area contributed by atoms with Crippen LogP contribution in [-0.4, -0.2) is 27.0 Å². The summed E-state index contributed by atoms with van der Waals surface area (Å²) >= 11 is 15.8. The minimum atomic E-state index is -0.515. The zero-order valence-corrected chi connectivity index (χ0v) is 21.9. The van der Waals surface area contributed by atoms with Gasteiger partial charge in [0.1, 0.15) is 0 Å². The van der Waals surface area contributed by atoms with Crippen molar-refractivity contribution in [2.24, 2.45) is 29.6 Å². The lowest BCUT2D eigenvalue weighted by Crippen LogP contribution is -2.42. The van der Waals surface area contributed by atoms with Crippen LogP contribution in [0.2, 0.25) is 10.0 Å². The predicted molar refractivity (Wildman–Crippen MR) is 141 cm³/mol. The van der Waals surface area contributed by atoms with E-state index in [-0.39, 0.29) is 51.3 Å². The second-order valence-electron chi connectivity index (χ2n) is 9.89. The largest absolute Gasteiger partial charge is 0.307 e. The number of nitro benzene ring substituents is 1. The molecular weight excluding hydrogens is 557 g/mol. The number of rotatable bonds is 3. The molecule has 3 aromatic rings. The van der Waals surface area contributed by atoms with Gasteiger partial charge in [-0.2, -0.15) is 0 Å². The van der Waals surface area contributed by atoms with Crippen molar-refractivity contribution in [2.45, 2.75) is 22.6 Å². The third kappa shape index (κ3) is 3.19. The Kier molecular flexibility index (Phi) is 5.18. The number of nitrogens with zero attached hydrogens (tertiary/aromatic N) is 2. The van der Waals surface area contributed by atoms with Crippen LogP contribution in [0.1, 0.15) is 22.8 Å². The Morgan fingerprint density at radius 3 is 2.41 bits per heavy atom. The van der Waals surface area contributed by atoms with Gasteiger partial charge in [0.05, 0.1) is 37.5 Å². The van der Waals surface area contributed by atoms with Gasteiger partial charge in [0.15, 0.2) is 0 Å². The summed E-state index contributed by atoms with van der Waals surface area (Å²) in [6.07, 6.45) is 0.747. The Bertz CT molecular complexity index is 1570. The second kappa shape index (κ2) is 8.17. The zero-order chi connectivity index (χ0) is 25.7. The molecule has 2 saturated carbocycles. The number of anilines is 1. The third-order valence-electron chi connectivity index (χ3n) is 8.36. The van der Waals surface area contributed by atoms with Crippen LogP contribution in [0.3, 0.4) is 0 Å². The van der Waals surface area contributed by atoms with Gasteiger partial charge in [-0.1, -0.05) is 46.7 Å². The van der Waals surface area contributed by atoms with E-state index in [0.29, 0.717) is 15.7 Å². The first-order valence-corrected chi connectivity index (χ1v) is 14.2. The lowest BCUT2D eigenvalue weighted by atomic mass is 9.68. The highest BCUT2D eigenvalue weighted by atomic mass is 35.5. The highest BCUT2D eigenvalue weighted by Gasteiger charge is 2.69. The fraction of sp³-hybridized carbons (Fsp3) is 0.320. The fourth-order valence-corrected chi connectivity index (χ4v) is 10.4. The summed E-state index contributed by atoms with van der Waals surface area (Å²) in [4.78, 5) is 55.3. The second-order valence-corrected chi connectivity index (χ2v) is 12.9. The Hall–Kier alpha value is -2.66. The van der Waals surface area contributed by atoms with Gasteiger partial charge in [-0.25, -0.2) is 0 Å². The highest BCUT2D eigenvalue weighted by Crippen LogP contribution is 2.69. The molecule has 0 radical (unpaired) electrons. The van der Waals surface area contributed by atoms with Crippen LogP contribution >= 0.6 is 46.3 Å². The van der Waals surface area contributed by atoms with Crippen molar-refractivity contribution in [1.82, 2.24) is 4.98 Å². The number of carbonyl (C=O) groups is 2. The summed E-state index contributed by atoms with van der Waals surface area (Å²) in [5, 5.41) is 12.7. The molecule has 2 aliphatic heterocycles. The number of hydrogen-bond acceptors (Lipinski definition) is 7. The number of aromatic amines is 1. The van der Waals surface area contributed by atoms with E-state index in [1.54, 1.807) is 17.8 Å². The molecule has 2 aromatic carbocycles. The molecule has 2 amide bonds. The Morgan fingerprint density at radius 2 is 1.70 bits per heavy atom. The number of imide groups is 1. The smallest absolute Gasteiger partial charge is 0.305 e. The molecule has 8 nitrogen and oxygen atoms in total. The molecule has 1 N–H and O–H groups in total. The number of amides is 2. The maximum Gasteiger partial charge on any atom is 0.305 e. The molecule has 0 spiro atoms. The van der Waals surface area contributed by atoms with Gasteiger partial charge < -0.3 is 4.98 Å². The van der Waals surface area contributed by atoms with E-state index in [1.807, 2.05) is 12.1 Å². The van der Waals surface area contributed by atoms with Crippen LogP contribution < -0.4 is 9.77 Å². The van der Waals surface area contributed by atoms with E-state index in [1.165, 1.54) is 29.2 Å². The van der Waals surface area contributed by atoms with Gasteiger partial charge in [0.2, 0.25) is 11.8 Å². The van der Waals surface area contributed by atoms with Gasteiger partial charge in [-0.3, -0.25) is 29.4 Å². The van der Waals surface area contributed by atoms with Crippen molar-refractivity contribution < 1.29 is 14.5 Å². The molecular formula is C25H17Cl2N3O5S2. The van der Waals surface area contributed by atoms with Crippen LogP contribution in [0.4, 0.5) is 11.4 Å². The van der Waals surface area contributed by atoms with E-state index >= 15 is 0 Å². The number of thiazole rings is 1. The summed E-state index contributed by atoms with van der Waals surface area (Å²) in [7, 11) is 0. The van der Waals surface area contributed by atoms with E-state index < -0.39 is 16.8 Å². The fourth-order valence-electron chi connectivity index (χ4n) is 7.10. The van der Waals surface area contributed by atoms with E-state index in [2.05, 4.69) is 4.98 Å². The third-order valence-corrected chi connectivity index (χ3v) is 11.8. The minimum absolute atomic E-state index is 0.000252. The molecule has 3 heterocycles. The Labute approximate surface area is 228 Å². The standard InChI is InChI=1S/C25H17Cl2N3O5S2/c26-14-3-1-2-11(19(14)27)15-16-12-8-13(20(16)36-22-21(15)37-25(33)28-22)18-17(12)23(31)29(24(18)32)9-4-6-10(7-5-9)30(34)35/h1-7,12-13,15-18,20H,8H2,(H,28,33)/t12-,13-,15?,16?,17?,18?,20?/m1/s1. The molecule has 37 heavy (non-hydrogen) atoms. The molecule has 7 atom stereocenters. The van der Waals surface area contributed by atoms with E-state index in [4.69, 9.17) is 23.2 Å². The molecule has 2 bridgehead atoms. The van der Waals surface area contributed by atoms with Crippen molar-refractivity contribution in [2.75, 3.05) is 4.90 Å². The number of benzene rings is 2. The number of nitro groups is 1. The number of non-ortho nitro benzene ring substituents is 1. The molecule has 2 aliphatic carbocycles. The van der Waals surface area contributed by atoms with Crippen molar-refractivity contribution in [3.8, 4) is 0 Å². The molecule has 1 aromatic heterocycles. The average Bonchev–Trinajstić information content (AvgIpc) is 3.60. The number of carbonyl (C=O) groups excluding carboxylic acids is 2. The predicted octanol–water partition coefficient (Wildman–Crippen LogP) is 5.33. The molecule has 1 saturated heterocycles. The van der Waals surface area contributed by atoms with Crippen molar-refractivity contribution >= 4 is 69.5 Å². The summed E-state index contributed by atoms with van der Waals surface area (Å²) < 4.78 is 0. The molecule has 7 rings (SSSR count). The van der Waals surface area contributed by atoms with Gasteiger partial charge in [-0.15, -0.1) is 11.8 Å². The molecule has 5 unspecified atom stereocenters. The maximum absolute atomic E-state index is 13.8. The minimum Gasteiger partial charge on any atom is -0.307 e. The first-order valence-electron chi connectivity index (χ1n) is 11.7. The lowest BCUT2D eigenvalue weighted by Gasteiger charge is -2.43. The summed E-state index contributed by atoms with van der Waals surface area (Å²) in [6.45, 7) is 0. The molecule has 3 fully saturated rings. The monoisotopic (exact) mass is 573 g/mol. The van der Waals surface area contributed by atoms with Gasteiger partial charge in [-0.05, 0) is 47.9 Å². The topological polar surface area (TPSA) is 113 Å². The number of halogens is 2. The maximum atomic E-state index is 13.8. The van der Waals surface area contributed by atoms with Crippen molar-refractivity contribution in [1.29, 1.82) is 0 Å². The number of H-pyrrole nitrogens is 1.